The van der Waals surface area contributed by atoms with Crippen LogP contribution in [0.5, 0.6) is 11.5 Å². The van der Waals surface area contributed by atoms with Crippen LogP contribution in [0.15, 0.2) is 45.6 Å². The average molecular weight is 486 g/mol. The summed E-state index contributed by atoms with van der Waals surface area (Å²) >= 11 is 6.14. The van der Waals surface area contributed by atoms with Gasteiger partial charge in [0.1, 0.15) is 5.58 Å². The molecule has 0 bridgehead atoms. The summed E-state index contributed by atoms with van der Waals surface area (Å²) in [6, 6.07) is 9.69. The first kappa shape index (κ1) is 24.1. The van der Waals surface area contributed by atoms with E-state index in [2.05, 4.69) is 6.92 Å². The second-order valence-corrected chi connectivity index (χ2v) is 8.61. The minimum absolute atomic E-state index is 0.0597. The number of fused-ring (bicyclic) bond motifs is 2. The Morgan fingerprint density at radius 2 is 1.85 bits per heavy atom. The van der Waals surface area contributed by atoms with Crippen LogP contribution in [-0.4, -0.2) is 44.8 Å². The molecule has 1 amide bonds. The molecule has 0 saturated carbocycles. The summed E-state index contributed by atoms with van der Waals surface area (Å²) < 4.78 is 22.6. The number of hydrogen-bond donors (Lipinski definition) is 0. The second kappa shape index (κ2) is 10.5. The summed E-state index contributed by atoms with van der Waals surface area (Å²) in [4.78, 5) is 28.7. The van der Waals surface area contributed by atoms with Crippen molar-refractivity contribution in [3.05, 3.63) is 68.5 Å². The minimum Gasteiger partial charge on any atom is -0.493 e. The Kier molecular flexibility index (Phi) is 7.44. The monoisotopic (exact) mass is 485 g/mol. The van der Waals surface area contributed by atoms with Crippen molar-refractivity contribution in [3.8, 4) is 11.5 Å². The fourth-order valence-electron chi connectivity index (χ4n) is 4.25. The fraction of sp³-hybridized carbons (Fsp3) is 0.385. The number of unbranched alkanes of at least 4 members (excludes halogenated alkanes) is 1. The Labute approximate surface area is 203 Å². The predicted octanol–water partition coefficient (Wildman–Crippen LogP) is 5.22. The second-order valence-electron chi connectivity index (χ2n) is 8.17. The van der Waals surface area contributed by atoms with Gasteiger partial charge in [0, 0.05) is 25.3 Å². The summed E-state index contributed by atoms with van der Waals surface area (Å²) in [5.74, 6) is 0.892. The quantitative estimate of drug-likeness (QED) is 0.366. The van der Waals surface area contributed by atoms with Gasteiger partial charge in [-0.1, -0.05) is 31.0 Å². The lowest BCUT2D eigenvalue weighted by Crippen LogP contribution is -2.31. The third kappa shape index (κ3) is 4.50. The highest BCUT2D eigenvalue weighted by Gasteiger charge is 2.42. The van der Waals surface area contributed by atoms with Gasteiger partial charge in [-0.3, -0.25) is 9.59 Å². The van der Waals surface area contributed by atoms with E-state index in [1.165, 1.54) is 0 Å². The summed E-state index contributed by atoms with van der Waals surface area (Å²) in [6.07, 6.45) is 2.56. The Balaban J connectivity index is 1.84. The number of benzene rings is 2. The molecule has 0 aliphatic carbocycles. The minimum atomic E-state index is -0.627. The third-order valence-corrected chi connectivity index (χ3v) is 6.17. The Hall–Kier alpha value is -3.03. The van der Waals surface area contributed by atoms with Gasteiger partial charge >= 0.3 is 0 Å². The predicted molar refractivity (Wildman–Crippen MR) is 130 cm³/mol. The molecule has 0 N–H and O–H groups in total. The molecule has 1 aromatic heterocycles. The van der Waals surface area contributed by atoms with Crippen molar-refractivity contribution < 1.29 is 23.4 Å². The van der Waals surface area contributed by atoms with Crippen LogP contribution in [0.3, 0.4) is 0 Å². The molecule has 2 aromatic carbocycles. The van der Waals surface area contributed by atoms with E-state index in [1.807, 2.05) is 18.2 Å². The van der Waals surface area contributed by atoms with E-state index in [1.54, 1.807) is 37.3 Å². The first-order chi connectivity index (χ1) is 16.5. The highest BCUT2D eigenvalue weighted by molar-refractivity contribution is 6.31. The molecule has 2 heterocycles. The molecule has 0 fully saturated rings. The van der Waals surface area contributed by atoms with Gasteiger partial charge in [-0.25, -0.2) is 0 Å². The maximum atomic E-state index is 13.6. The normalized spacial score (nSPS) is 15.1. The van der Waals surface area contributed by atoms with E-state index < -0.39 is 6.04 Å². The highest BCUT2D eigenvalue weighted by atomic mass is 35.5. The van der Waals surface area contributed by atoms with Gasteiger partial charge in [0.05, 0.1) is 30.7 Å². The number of nitrogens with zero attached hydrogens (tertiary/aromatic N) is 1. The lowest BCUT2D eigenvalue weighted by molar-refractivity contribution is 0.0707. The summed E-state index contributed by atoms with van der Waals surface area (Å²) in [5.41, 5.74) is 1.10. The first-order valence-corrected chi connectivity index (χ1v) is 11.7. The van der Waals surface area contributed by atoms with Crippen molar-refractivity contribution in [2.24, 2.45) is 0 Å². The van der Waals surface area contributed by atoms with Crippen LogP contribution < -0.4 is 14.9 Å². The Morgan fingerprint density at radius 1 is 1.03 bits per heavy atom. The van der Waals surface area contributed by atoms with Crippen molar-refractivity contribution in [3.63, 3.8) is 0 Å². The van der Waals surface area contributed by atoms with Gasteiger partial charge in [0.15, 0.2) is 16.9 Å². The van der Waals surface area contributed by atoms with Crippen molar-refractivity contribution in [1.82, 2.24) is 4.90 Å². The molecule has 4 rings (SSSR count). The number of methoxy groups -OCH3 is 2. The van der Waals surface area contributed by atoms with Crippen LogP contribution in [0.25, 0.3) is 11.0 Å². The van der Waals surface area contributed by atoms with Crippen LogP contribution >= 0.6 is 11.6 Å². The van der Waals surface area contributed by atoms with Crippen LogP contribution in [0.2, 0.25) is 5.02 Å². The van der Waals surface area contributed by atoms with Gasteiger partial charge in [-0.2, -0.15) is 0 Å². The number of ether oxygens (including phenoxy) is 3. The zero-order chi connectivity index (χ0) is 24.2. The van der Waals surface area contributed by atoms with Gasteiger partial charge in [0.2, 0.25) is 5.76 Å². The molecule has 180 valence electrons. The highest BCUT2D eigenvalue weighted by Crippen LogP contribution is 2.41. The molecule has 8 heteroatoms. The smallest absolute Gasteiger partial charge is 0.290 e. The zero-order valence-electron chi connectivity index (χ0n) is 19.6. The molecule has 0 saturated heterocycles. The first-order valence-electron chi connectivity index (χ1n) is 11.4. The number of carbonyl (C=O) groups excluding carboxylic acids is 1. The van der Waals surface area contributed by atoms with Crippen LogP contribution in [-0.2, 0) is 4.74 Å². The lowest BCUT2D eigenvalue weighted by atomic mass is 9.98. The van der Waals surface area contributed by atoms with E-state index >= 15 is 0 Å². The van der Waals surface area contributed by atoms with E-state index in [0.29, 0.717) is 59.2 Å². The third-order valence-electron chi connectivity index (χ3n) is 5.93. The lowest BCUT2D eigenvalue weighted by Gasteiger charge is -2.25. The SMILES string of the molecule is CCCCOc1ccc(C2c3c(oc4ccc(Cl)cc4c3=O)C(=O)N2CCCOC)cc1OC. The molecule has 3 aromatic rings. The standard InChI is InChI=1S/C26H28ClNO6/c1-4-5-13-33-20-9-7-16(14-21(20)32-3)23-22-24(29)18-15-17(27)8-10-19(18)34-25(22)26(30)28(23)11-6-12-31-2/h7-10,14-15,23H,4-6,11-13H2,1-3H3. The van der Waals surface area contributed by atoms with Crippen molar-refractivity contribution in [2.45, 2.75) is 32.2 Å². The number of hydrogen-bond acceptors (Lipinski definition) is 6. The van der Waals surface area contributed by atoms with Crippen molar-refractivity contribution in [2.75, 3.05) is 34.0 Å². The largest absolute Gasteiger partial charge is 0.493 e. The fourth-order valence-corrected chi connectivity index (χ4v) is 4.42. The molecule has 1 aliphatic heterocycles. The van der Waals surface area contributed by atoms with E-state index in [-0.39, 0.29) is 17.1 Å². The topological polar surface area (TPSA) is 78.2 Å². The molecule has 34 heavy (non-hydrogen) atoms. The van der Waals surface area contributed by atoms with Crippen molar-refractivity contribution in [1.29, 1.82) is 0 Å². The molecule has 0 spiro atoms. The number of halogens is 1. The van der Waals surface area contributed by atoms with Gasteiger partial charge in [0.25, 0.3) is 5.91 Å². The molecule has 7 nitrogen and oxygen atoms in total. The van der Waals surface area contributed by atoms with Crippen LogP contribution in [0, 0.1) is 0 Å². The van der Waals surface area contributed by atoms with Gasteiger partial charge in [-0.15, -0.1) is 0 Å². The molecular weight excluding hydrogens is 458 g/mol. The summed E-state index contributed by atoms with van der Waals surface area (Å²) in [7, 11) is 3.18. The number of rotatable bonds is 10. The van der Waals surface area contributed by atoms with Crippen LogP contribution in [0.1, 0.15) is 53.9 Å². The molecule has 1 aliphatic rings. The maximum Gasteiger partial charge on any atom is 0.290 e. The van der Waals surface area contributed by atoms with E-state index in [9.17, 15) is 9.59 Å². The van der Waals surface area contributed by atoms with Crippen LogP contribution in [0.4, 0.5) is 0 Å². The molecular formula is C26H28ClNO6. The molecule has 1 unspecified atom stereocenters. The Morgan fingerprint density at radius 3 is 2.59 bits per heavy atom. The van der Waals surface area contributed by atoms with E-state index in [4.69, 9.17) is 30.2 Å². The van der Waals surface area contributed by atoms with E-state index in [0.717, 1.165) is 18.4 Å². The summed E-state index contributed by atoms with van der Waals surface area (Å²) in [5, 5.41) is 0.766. The van der Waals surface area contributed by atoms with Gasteiger partial charge < -0.3 is 23.5 Å². The molecule has 0 radical (unpaired) electrons. The average Bonchev–Trinajstić information content (AvgIpc) is 3.12. The number of amides is 1. The zero-order valence-corrected chi connectivity index (χ0v) is 20.3. The summed E-state index contributed by atoms with van der Waals surface area (Å²) in [6.45, 7) is 3.56. The molecule has 1 atom stereocenters. The van der Waals surface area contributed by atoms with Crippen molar-refractivity contribution >= 4 is 28.5 Å². The Bertz CT molecular complexity index is 1250. The maximum absolute atomic E-state index is 13.6. The van der Waals surface area contributed by atoms with Gasteiger partial charge in [-0.05, 0) is 48.7 Å². The number of carbonyl (C=O) groups is 1.